The van der Waals surface area contributed by atoms with Gasteiger partial charge in [0.2, 0.25) is 5.13 Å². The Morgan fingerprint density at radius 1 is 1.27 bits per heavy atom. The van der Waals surface area contributed by atoms with Gasteiger partial charge in [-0.05, 0) is 11.5 Å². The smallest absolute Gasteiger partial charge is 0.203 e. The first-order chi connectivity index (χ1) is 7.25. The van der Waals surface area contributed by atoms with Crippen molar-refractivity contribution in [1.82, 2.24) is 10.2 Å². The Labute approximate surface area is 93.0 Å². The molecule has 0 fully saturated rings. The number of hydrogen-bond acceptors (Lipinski definition) is 4. The lowest BCUT2D eigenvalue weighted by molar-refractivity contribution is 0.745. The molecule has 1 atom stereocenters. The second-order valence-corrected chi connectivity index (χ2v) is 4.64. The molecule has 2 rings (SSSR count). The van der Waals surface area contributed by atoms with Crippen molar-refractivity contribution in [2.75, 3.05) is 5.73 Å². The van der Waals surface area contributed by atoms with Gasteiger partial charge in [-0.15, -0.1) is 10.2 Å². The molecule has 15 heavy (non-hydrogen) atoms. The molecule has 1 heterocycles. The molecule has 3 nitrogen and oxygen atoms in total. The predicted molar refractivity (Wildman–Crippen MR) is 62.9 cm³/mol. The van der Waals surface area contributed by atoms with Crippen LogP contribution in [0.3, 0.4) is 0 Å². The Kier molecular flexibility index (Phi) is 2.97. The second-order valence-electron chi connectivity index (χ2n) is 3.55. The zero-order valence-corrected chi connectivity index (χ0v) is 9.37. The summed E-state index contributed by atoms with van der Waals surface area (Å²) >= 11 is 1.47. The lowest BCUT2D eigenvalue weighted by Gasteiger charge is -2.08. The summed E-state index contributed by atoms with van der Waals surface area (Å²) in [7, 11) is 0. The highest BCUT2D eigenvalue weighted by atomic mass is 32.1. The standard InChI is InChI=1S/C11H13N3S/c1-8(9-5-3-2-4-6-9)7-10-13-14-11(12)15-10/h2-6,8H,7H2,1H3,(H2,12,14)/t8-/m0/s1. The summed E-state index contributed by atoms with van der Waals surface area (Å²) in [5, 5.41) is 9.38. The van der Waals surface area contributed by atoms with Crippen LogP contribution < -0.4 is 5.73 Å². The Hall–Kier alpha value is -1.42. The Morgan fingerprint density at radius 3 is 2.60 bits per heavy atom. The molecule has 78 valence electrons. The molecule has 1 aromatic carbocycles. The van der Waals surface area contributed by atoms with Crippen molar-refractivity contribution in [3.63, 3.8) is 0 Å². The Morgan fingerprint density at radius 2 is 2.00 bits per heavy atom. The molecule has 0 amide bonds. The van der Waals surface area contributed by atoms with E-state index in [1.165, 1.54) is 16.9 Å². The average Bonchev–Trinajstić information content (AvgIpc) is 2.65. The van der Waals surface area contributed by atoms with E-state index in [2.05, 4.69) is 41.4 Å². The van der Waals surface area contributed by atoms with Crippen LogP contribution in [0.15, 0.2) is 30.3 Å². The largest absolute Gasteiger partial charge is 0.374 e. The zero-order valence-electron chi connectivity index (χ0n) is 8.55. The maximum absolute atomic E-state index is 5.54. The van der Waals surface area contributed by atoms with Crippen molar-refractivity contribution in [2.24, 2.45) is 0 Å². The van der Waals surface area contributed by atoms with E-state index in [1.807, 2.05) is 6.07 Å². The van der Waals surface area contributed by atoms with Crippen LogP contribution in [-0.2, 0) is 6.42 Å². The number of nitrogen functional groups attached to an aromatic ring is 1. The molecule has 0 spiro atoms. The van der Waals surface area contributed by atoms with Gasteiger partial charge in [-0.1, -0.05) is 48.6 Å². The van der Waals surface area contributed by atoms with Crippen molar-refractivity contribution in [3.8, 4) is 0 Å². The van der Waals surface area contributed by atoms with E-state index in [0.717, 1.165) is 11.4 Å². The van der Waals surface area contributed by atoms with Crippen molar-refractivity contribution in [2.45, 2.75) is 19.3 Å². The van der Waals surface area contributed by atoms with Crippen LogP contribution in [0.2, 0.25) is 0 Å². The topological polar surface area (TPSA) is 51.8 Å². The summed E-state index contributed by atoms with van der Waals surface area (Å²) in [4.78, 5) is 0. The van der Waals surface area contributed by atoms with E-state index < -0.39 is 0 Å². The van der Waals surface area contributed by atoms with Gasteiger partial charge in [0.1, 0.15) is 5.01 Å². The van der Waals surface area contributed by atoms with Crippen LogP contribution >= 0.6 is 11.3 Å². The first kappa shape index (κ1) is 10.1. The number of aromatic nitrogens is 2. The third kappa shape index (κ3) is 2.53. The van der Waals surface area contributed by atoms with Gasteiger partial charge in [-0.2, -0.15) is 0 Å². The predicted octanol–water partition coefficient (Wildman–Crippen LogP) is 2.47. The van der Waals surface area contributed by atoms with E-state index in [-0.39, 0.29) is 0 Å². The third-order valence-corrected chi connectivity index (χ3v) is 3.11. The van der Waals surface area contributed by atoms with Gasteiger partial charge in [-0.25, -0.2) is 0 Å². The van der Waals surface area contributed by atoms with Gasteiger partial charge in [0.05, 0.1) is 0 Å². The number of hydrogen-bond donors (Lipinski definition) is 1. The molecule has 0 aliphatic heterocycles. The average molecular weight is 219 g/mol. The molecule has 0 aliphatic carbocycles. The molecule has 0 bridgehead atoms. The van der Waals surface area contributed by atoms with E-state index in [0.29, 0.717) is 11.0 Å². The van der Waals surface area contributed by atoms with Crippen LogP contribution in [0.4, 0.5) is 5.13 Å². The van der Waals surface area contributed by atoms with Crippen molar-refractivity contribution >= 4 is 16.5 Å². The fourth-order valence-corrected chi connectivity index (χ4v) is 2.25. The van der Waals surface area contributed by atoms with E-state index in [4.69, 9.17) is 5.73 Å². The van der Waals surface area contributed by atoms with Gasteiger partial charge in [0.15, 0.2) is 0 Å². The van der Waals surface area contributed by atoms with Crippen LogP contribution in [0, 0.1) is 0 Å². The fraction of sp³-hybridized carbons (Fsp3) is 0.273. The summed E-state index contributed by atoms with van der Waals surface area (Å²) in [6.07, 6.45) is 0.902. The number of anilines is 1. The third-order valence-electron chi connectivity index (χ3n) is 2.33. The maximum Gasteiger partial charge on any atom is 0.203 e. The van der Waals surface area contributed by atoms with Gasteiger partial charge < -0.3 is 5.73 Å². The summed E-state index contributed by atoms with van der Waals surface area (Å²) in [6.45, 7) is 2.19. The number of nitrogens with zero attached hydrogens (tertiary/aromatic N) is 2. The van der Waals surface area contributed by atoms with Crippen LogP contribution in [0.5, 0.6) is 0 Å². The lowest BCUT2D eigenvalue weighted by Crippen LogP contribution is -1.97. The zero-order chi connectivity index (χ0) is 10.7. The molecular weight excluding hydrogens is 206 g/mol. The highest BCUT2D eigenvalue weighted by Gasteiger charge is 2.09. The quantitative estimate of drug-likeness (QED) is 0.862. The number of benzene rings is 1. The van der Waals surface area contributed by atoms with E-state index >= 15 is 0 Å². The van der Waals surface area contributed by atoms with Gasteiger partial charge >= 0.3 is 0 Å². The van der Waals surface area contributed by atoms with Crippen molar-refractivity contribution < 1.29 is 0 Å². The van der Waals surface area contributed by atoms with Crippen molar-refractivity contribution in [3.05, 3.63) is 40.9 Å². The van der Waals surface area contributed by atoms with Gasteiger partial charge in [0.25, 0.3) is 0 Å². The summed E-state index contributed by atoms with van der Waals surface area (Å²) in [5.74, 6) is 0.457. The first-order valence-electron chi connectivity index (χ1n) is 4.88. The molecule has 0 saturated heterocycles. The second kappa shape index (κ2) is 4.40. The molecule has 4 heteroatoms. The van der Waals surface area contributed by atoms with Crippen LogP contribution in [-0.4, -0.2) is 10.2 Å². The molecule has 0 unspecified atom stereocenters. The monoisotopic (exact) mass is 219 g/mol. The summed E-state index contributed by atoms with van der Waals surface area (Å²) in [6, 6.07) is 10.4. The Bertz CT molecular complexity index is 424. The molecule has 2 aromatic rings. The Balaban J connectivity index is 2.07. The minimum absolute atomic E-state index is 0.457. The van der Waals surface area contributed by atoms with Crippen LogP contribution in [0.1, 0.15) is 23.4 Å². The molecule has 0 radical (unpaired) electrons. The SMILES string of the molecule is C[C@@H](Cc1nnc(N)s1)c1ccccc1. The molecular formula is C11H13N3S. The molecule has 1 aromatic heterocycles. The molecule has 2 N–H and O–H groups in total. The van der Waals surface area contributed by atoms with E-state index in [1.54, 1.807) is 0 Å². The lowest BCUT2D eigenvalue weighted by atomic mass is 9.98. The molecule has 0 saturated carbocycles. The molecule has 0 aliphatic rings. The number of nitrogens with two attached hydrogens (primary N) is 1. The minimum atomic E-state index is 0.457. The number of rotatable bonds is 3. The highest BCUT2D eigenvalue weighted by Crippen LogP contribution is 2.22. The van der Waals surface area contributed by atoms with Crippen molar-refractivity contribution in [1.29, 1.82) is 0 Å². The normalized spacial score (nSPS) is 12.6. The van der Waals surface area contributed by atoms with Crippen LogP contribution in [0.25, 0.3) is 0 Å². The van der Waals surface area contributed by atoms with Gasteiger partial charge in [-0.3, -0.25) is 0 Å². The van der Waals surface area contributed by atoms with E-state index in [9.17, 15) is 0 Å². The summed E-state index contributed by atoms with van der Waals surface area (Å²) in [5.41, 5.74) is 6.86. The van der Waals surface area contributed by atoms with Gasteiger partial charge in [0, 0.05) is 6.42 Å². The first-order valence-corrected chi connectivity index (χ1v) is 5.70. The maximum atomic E-state index is 5.54. The highest BCUT2D eigenvalue weighted by molar-refractivity contribution is 7.15. The fourth-order valence-electron chi connectivity index (χ4n) is 1.51. The summed E-state index contributed by atoms with van der Waals surface area (Å²) < 4.78 is 0. The minimum Gasteiger partial charge on any atom is -0.374 e.